The van der Waals surface area contributed by atoms with Gasteiger partial charge in [0, 0.05) is 24.2 Å². The predicted molar refractivity (Wildman–Crippen MR) is 114 cm³/mol. The number of hydrazone groups is 1. The molecule has 152 valence electrons. The number of benzene rings is 1. The molecule has 29 heavy (non-hydrogen) atoms. The third-order valence-electron chi connectivity index (χ3n) is 7.11. The Morgan fingerprint density at radius 2 is 2.10 bits per heavy atom. The van der Waals surface area contributed by atoms with Crippen LogP contribution in [-0.4, -0.2) is 31.9 Å². The largest absolute Gasteiger partial charge is 0.342 e. The molecule has 0 aliphatic heterocycles. The number of aromatic amines is 1. The smallest absolute Gasteiger partial charge is 0.246 e. The van der Waals surface area contributed by atoms with E-state index in [-0.39, 0.29) is 17.2 Å². The molecule has 0 spiro atoms. The first kappa shape index (κ1) is 19.4. The maximum absolute atomic E-state index is 13.1. The van der Waals surface area contributed by atoms with Crippen LogP contribution in [0.15, 0.2) is 35.6 Å². The second-order valence-corrected chi connectivity index (χ2v) is 8.79. The SMILES string of the molecule is Cc1c(C=NNC(=O)C2(C)CCC(c3nc4ccccc4[nH]3)C2(C)C)cnn1C. The van der Waals surface area contributed by atoms with Crippen LogP contribution in [0.5, 0.6) is 0 Å². The van der Waals surface area contributed by atoms with E-state index in [0.717, 1.165) is 41.0 Å². The monoisotopic (exact) mass is 392 g/mol. The Morgan fingerprint density at radius 3 is 2.79 bits per heavy atom. The van der Waals surface area contributed by atoms with Crippen molar-refractivity contribution >= 4 is 23.2 Å². The summed E-state index contributed by atoms with van der Waals surface area (Å²) in [6, 6.07) is 8.04. The standard InChI is InChI=1S/C22H28N6O/c1-14-15(13-24-28(14)5)12-23-27-20(29)22(4)11-10-16(21(22,2)3)19-25-17-8-6-7-9-18(17)26-19/h6-9,12-13,16H,10-11H2,1-5H3,(H,25,26)(H,27,29). The quantitative estimate of drug-likeness (QED) is 0.525. The van der Waals surface area contributed by atoms with Crippen LogP contribution in [0, 0.1) is 17.8 Å². The Balaban J connectivity index is 1.54. The number of nitrogens with zero attached hydrogens (tertiary/aromatic N) is 4. The minimum Gasteiger partial charge on any atom is -0.342 e. The van der Waals surface area contributed by atoms with Gasteiger partial charge in [0.15, 0.2) is 0 Å². The van der Waals surface area contributed by atoms with E-state index in [4.69, 9.17) is 4.98 Å². The van der Waals surface area contributed by atoms with E-state index in [1.54, 1.807) is 17.1 Å². The number of aryl methyl sites for hydroxylation is 1. The molecule has 7 nitrogen and oxygen atoms in total. The van der Waals surface area contributed by atoms with Crippen LogP contribution in [0.2, 0.25) is 0 Å². The Morgan fingerprint density at radius 1 is 1.34 bits per heavy atom. The fourth-order valence-electron chi connectivity index (χ4n) is 4.45. The number of amides is 1. The molecule has 1 aliphatic carbocycles. The van der Waals surface area contributed by atoms with Gasteiger partial charge in [-0.2, -0.15) is 10.2 Å². The van der Waals surface area contributed by atoms with E-state index in [2.05, 4.69) is 34.5 Å². The summed E-state index contributed by atoms with van der Waals surface area (Å²) in [6.07, 6.45) is 5.09. The van der Waals surface area contributed by atoms with Gasteiger partial charge in [-0.15, -0.1) is 0 Å². The molecule has 1 amide bonds. The zero-order valence-electron chi connectivity index (χ0n) is 17.7. The first-order valence-electron chi connectivity index (χ1n) is 10.0. The Bertz CT molecular complexity index is 1060. The molecule has 2 atom stereocenters. The number of carbonyl (C=O) groups is 1. The highest BCUT2D eigenvalue weighted by Gasteiger charge is 2.57. The van der Waals surface area contributed by atoms with Gasteiger partial charge >= 0.3 is 0 Å². The molecule has 1 aromatic carbocycles. The molecule has 3 aromatic rings. The molecular weight excluding hydrogens is 364 g/mol. The highest BCUT2D eigenvalue weighted by molar-refractivity contribution is 5.86. The number of rotatable bonds is 4. The summed E-state index contributed by atoms with van der Waals surface area (Å²) in [6.45, 7) is 8.32. The lowest BCUT2D eigenvalue weighted by Crippen LogP contribution is -2.45. The van der Waals surface area contributed by atoms with Crippen LogP contribution >= 0.6 is 0 Å². The van der Waals surface area contributed by atoms with Crippen molar-refractivity contribution in [2.45, 2.75) is 46.5 Å². The molecule has 0 bridgehead atoms. The number of aromatic nitrogens is 4. The number of fused-ring (bicyclic) bond motifs is 1. The first-order chi connectivity index (χ1) is 13.7. The first-order valence-corrected chi connectivity index (χ1v) is 10.0. The highest BCUT2D eigenvalue weighted by Crippen LogP contribution is 2.59. The molecule has 7 heteroatoms. The Hall–Kier alpha value is -2.96. The van der Waals surface area contributed by atoms with Crippen molar-refractivity contribution in [1.29, 1.82) is 0 Å². The summed E-state index contributed by atoms with van der Waals surface area (Å²) in [4.78, 5) is 21.4. The Kier molecular flexibility index (Phi) is 4.56. The number of para-hydroxylation sites is 2. The van der Waals surface area contributed by atoms with Crippen molar-refractivity contribution in [2.75, 3.05) is 0 Å². The number of H-pyrrole nitrogens is 1. The van der Waals surface area contributed by atoms with Crippen molar-refractivity contribution in [3.8, 4) is 0 Å². The van der Waals surface area contributed by atoms with Crippen molar-refractivity contribution in [3.63, 3.8) is 0 Å². The van der Waals surface area contributed by atoms with E-state index in [1.165, 1.54) is 0 Å². The van der Waals surface area contributed by atoms with Gasteiger partial charge in [-0.3, -0.25) is 9.48 Å². The van der Waals surface area contributed by atoms with Crippen molar-refractivity contribution < 1.29 is 4.79 Å². The molecule has 0 radical (unpaired) electrons. The minimum absolute atomic E-state index is 0.0566. The highest BCUT2D eigenvalue weighted by atomic mass is 16.2. The second kappa shape index (κ2) is 6.83. The fourth-order valence-corrected chi connectivity index (χ4v) is 4.45. The molecule has 0 saturated heterocycles. The van der Waals surface area contributed by atoms with E-state index in [0.29, 0.717) is 0 Å². The summed E-state index contributed by atoms with van der Waals surface area (Å²) in [5.41, 5.74) is 5.84. The van der Waals surface area contributed by atoms with Gasteiger partial charge in [-0.1, -0.05) is 32.9 Å². The van der Waals surface area contributed by atoms with Gasteiger partial charge < -0.3 is 4.98 Å². The van der Waals surface area contributed by atoms with E-state index < -0.39 is 5.41 Å². The maximum atomic E-state index is 13.1. The fraction of sp³-hybridized carbons (Fsp3) is 0.455. The van der Waals surface area contributed by atoms with Crippen LogP contribution in [0.3, 0.4) is 0 Å². The molecular formula is C22H28N6O. The van der Waals surface area contributed by atoms with Crippen LogP contribution in [0.1, 0.15) is 56.6 Å². The van der Waals surface area contributed by atoms with Gasteiger partial charge in [0.2, 0.25) is 5.91 Å². The summed E-state index contributed by atoms with van der Waals surface area (Å²) < 4.78 is 1.78. The van der Waals surface area contributed by atoms with Crippen molar-refractivity contribution in [1.82, 2.24) is 25.2 Å². The molecule has 4 rings (SSSR count). The summed E-state index contributed by atoms with van der Waals surface area (Å²) in [7, 11) is 1.88. The average Bonchev–Trinajstić information content (AvgIpc) is 3.32. The van der Waals surface area contributed by atoms with Gasteiger partial charge in [-0.25, -0.2) is 10.4 Å². The topological polar surface area (TPSA) is 88.0 Å². The van der Waals surface area contributed by atoms with Crippen molar-refractivity contribution in [2.24, 2.45) is 23.0 Å². The minimum atomic E-state index is -0.544. The average molecular weight is 393 g/mol. The van der Waals surface area contributed by atoms with Crippen LogP contribution in [-0.2, 0) is 11.8 Å². The molecule has 1 saturated carbocycles. The molecule has 2 unspecified atom stereocenters. The molecule has 1 aliphatic rings. The zero-order valence-corrected chi connectivity index (χ0v) is 17.7. The lowest BCUT2D eigenvalue weighted by molar-refractivity contribution is -0.135. The van der Waals surface area contributed by atoms with Gasteiger partial charge in [-0.05, 0) is 37.3 Å². The second-order valence-electron chi connectivity index (χ2n) is 8.79. The number of imidazole rings is 1. The molecule has 2 aromatic heterocycles. The van der Waals surface area contributed by atoms with E-state index >= 15 is 0 Å². The van der Waals surface area contributed by atoms with E-state index in [1.807, 2.05) is 45.2 Å². The predicted octanol–water partition coefficient (Wildman–Crippen LogP) is 3.67. The number of carbonyl (C=O) groups excluding carboxylic acids is 1. The molecule has 2 heterocycles. The zero-order chi connectivity index (χ0) is 20.8. The number of nitrogens with one attached hydrogen (secondary N) is 2. The lowest BCUT2D eigenvalue weighted by Gasteiger charge is -2.39. The summed E-state index contributed by atoms with van der Waals surface area (Å²) >= 11 is 0. The van der Waals surface area contributed by atoms with Gasteiger partial charge in [0.25, 0.3) is 0 Å². The maximum Gasteiger partial charge on any atom is 0.246 e. The van der Waals surface area contributed by atoms with Crippen LogP contribution in [0.4, 0.5) is 0 Å². The van der Waals surface area contributed by atoms with Crippen molar-refractivity contribution in [3.05, 3.63) is 47.5 Å². The number of hydrogen-bond acceptors (Lipinski definition) is 4. The van der Waals surface area contributed by atoms with Crippen LogP contribution in [0.25, 0.3) is 11.0 Å². The molecule has 2 N–H and O–H groups in total. The molecule has 1 fully saturated rings. The summed E-state index contributed by atoms with van der Waals surface area (Å²) in [5.74, 6) is 1.08. The number of hydrogen-bond donors (Lipinski definition) is 2. The van der Waals surface area contributed by atoms with E-state index in [9.17, 15) is 4.79 Å². The Labute approximate surface area is 170 Å². The van der Waals surface area contributed by atoms with Gasteiger partial charge in [0.05, 0.1) is 28.9 Å². The third kappa shape index (κ3) is 3.05. The summed E-state index contributed by atoms with van der Waals surface area (Å²) in [5, 5.41) is 8.39. The lowest BCUT2D eigenvalue weighted by atomic mass is 9.65. The van der Waals surface area contributed by atoms with Crippen LogP contribution < -0.4 is 5.43 Å². The van der Waals surface area contributed by atoms with Gasteiger partial charge in [0.1, 0.15) is 5.82 Å². The normalized spacial score (nSPS) is 23.8. The third-order valence-corrected chi connectivity index (χ3v) is 7.11.